The second-order valence-corrected chi connectivity index (χ2v) is 7.14. The number of carbonyl (C=O) groups is 1. The molecular formula is C21H26Cl2N2O3. The molecule has 1 amide bonds. The zero-order valence-electron chi connectivity index (χ0n) is 15.9. The minimum absolute atomic E-state index is 0. The summed E-state index contributed by atoms with van der Waals surface area (Å²) in [6, 6.07) is 12.7. The standard InChI is InChI=1S/C21H25ClN2O3.ClH/c1-26-20-11-17(21(25)24-13-16-3-2-10-23-12-16)6-9-19(20)27-14-15-4-7-18(22)8-5-15;/h4-9,11,16,23H,2-3,10,12-14H2,1H3,(H,24,25);1H. The Balaban J connectivity index is 0.00000280. The summed E-state index contributed by atoms with van der Waals surface area (Å²) in [7, 11) is 1.57. The number of methoxy groups -OCH3 is 1. The molecule has 2 aromatic rings. The Morgan fingerprint density at radius 3 is 2.68 bits per heavy atom. The Morgan fingerprint density at radius 1 is 1.21 bits per heavy atom. The first-order chi connectivity index (χ1) is 13.2. The summed E-state index contributed by atoms with van der Waals surface area (Å²) in [6.07, 6.45) is 2.31. The van der Waals surface area contributed by atoms with Crippen LogP contribution in [0.4, 0.5) is 0 Å². The molecule has 1 unspecified atom stereocenters. The summed E-state index contributed by atoms with van der Waals surface area (Å²) in [5, 5.41) is 7.06. The fourth-order valence-electron chi connectivity index (χ4n) is 3.11. The lowest BCUT2D eigenvalue weighted by Crippen LogP contribution is -2.38. The van der Waals surface area contributed by atoms with Gasteiger partial charge in [-0.15, -0.1) is 12.4 Å². The van der Waals surface area contributed by atoms with Gasteiger partial charge in [-0.3, -0.25) is 4.79 Å². The van der Waals surface area contributed by atoms with Gasteiger partial charge in [-0.05, 0) is 67.7 Å². The molecule has 1 aliphatic rings. The molecule has 152 valence electrons. The van der Waals surface area contributed by atoms with E-state index in [0.29, 0.717) is 41.2 Å². The Labute approximate surface area is 177 Å². The second-order valence-electron chi connectivity index (χ2n) is 6.70. The van der Waals surface area contributed by atoms with Crippen molar-refractivity contribution in [1.29, 1.82) is 0 Å². The molecule has 0 bridgehead atoms. The molecule has 1 atom stereocenters. The first-order valence-corrected chi connectivity index (χ1v) is 9.57. The average molecular weight is 425 g/mol. The summed E-state index contributed by atoms with van der Waals surface area (Å²) >= 11 is 5.90. The van der Waals surface area contributed by atoms with E-state index in [2.05, 4.69) is 10.6 Å². The van der Waals surface area contributed by atoms with Crippen LogP contribution >= 0.6 is 24.0 Å². The van der Waals surface area contributed by atoms with Crippen LogP contribution in [0.2, 0.25) is 5.02 Å². The maximum atomic E-state index is 12.4. The van der Waals surface area contributed by atoms with E-state index in [4.69, 9.17) is 21.1 Å². The predicted molar refractivity (Wildman–Crippen MR) is 114 cm³/mol. The zero-order chi connectivity index (χ0) is 19.1. The van der Waals surface area contributed by atoms with Gasteiger partial charge >= 0.3 is 0 Å². The molecule has 0 spiro atoms. The largest absolute Gasteiger partial charge is 0.493 e. The van der Waals surface area contributed by atoms with Gasteiger partial charge in [-0.25, -0.2) is 0 Å². The van der Waals surface area contributed by atoms with Crippen LogP contribution < -0.4 is 20.1 Å². The summed E-state index contributed by atoms with van der Waals surface area (Å²) in [6.45, 7) is 3.11. The quantitative estimate of drug-likeness (QED) is 0.702. The molecular weight excluding hydrogens is 399 g/mol. The van der Waals surface area contributed by atoms with E-state index < -0.39 is 0 Å². The lowest BCUT2D eigenvalue weighted by atomic mass is 9.99. The van der Waals surface area contributed by atoms with Gasteiger partial charge < -0.3 is 20.1 Å². The van der Waals surface area contributed by atoms with E-state index in [1.165, 1.54) is 0 Å². The fraction of sp³-hybridized carbons (Fsp3) is 0.381. The Bertz CT molecular complexity index is 763. The monoisotopic (exact) mass is 424 g/mol. The molecule has 1 fully saturated rings. The predicted octanol–water partition coefficient (Wildman–Crippen LogP) is 4.08. The number of amides is 1. The first kappa shape index (κ1) is 22.3. The van der Waals surface area contributed by atoms with Gasteiger partial charge in [0.05, 0.1) is 7.11 Å². The molecule has 0 aromatic heterocycles. The summed E-state index contributed by atoms with van der Waals surface area (Å²) < 4.78 is 11.2. The molecule has 7 heteroatoms. The van der Waals surface area contributed by atoms with Gasteiger partial charge in [0.25, 0.3) is 5.91 Å². The van der Waals surface area contributed by atoms with Gasteiger partial charge in [0.15, 0.2) is 11.5 Å². The van der Waals surface area contributed by atoms with Crippen LogP contribution in [-0.2, 0) is 6.61 Å². The third-order valence-electron chi connectivity index (χ3n) is 4.68. The number of rotatable bonds is 7. The summed E-state index contributed by atoms with van der Waals surface area (Å²) in [4.78, 5) is 12.4. The Hall–Kier alpha value is -1.95. The molecule has 0 aliphatic carbocycles. The highest BCUT2D eigenvalue weighted by molar-refractivity contribution is 6.30. The number of carbonyl (C=O) groups excluding carboxylic acids is 1. The van der Waals surface area contributed by atoms with Crippen LogP contribution in [0.25, 0.3) is 0 Å². The Kier molecular flexibility index (Phi) is 8.90. The summed E-state index contributed by atoms with van der Waals surface area (Å²) in [5.74, 6) is 1.53. The van der Waals surface area contributed by atoms with Gasteiger partial charge in [-0.2, -0.15) is 0 Å². The van der Waals surface area contributed by atoms with Crippen molar-refractivity contribution in [2.75, 3.05) is 26.7 Å². The van der Waals surface area contributed by atoms with Gasteiger partial charge in [0, 0.05) is 17.1 Å². The first-order valence-electron chi connectivity index (χ1n) is 9.20. The lowest BCUT2D eigenvalue weighted by molar-refractivity contribution is 0.0944. The van der Waals surface area contributed by atoms with Crippen LogP contribution in [-0.4, -0.2) is 32.7 Å². The average Bonchev–Trinajstić information content (AvgIpc) is 2.72. The molecule has 1 saturated heterocycles. The van der Waals surface area contributed by atoms with Crippen molar-refractivity contribution in [3.63, 3.8) is 0 Å². The summed E-state index contributed by atoms with van der Waals surface area (Å²) in [5.41, 5.74) is 1.57. The number of hydrogen-bond donors (Lipinski definition) is 2. The molecule has 3 rings (SSSR count). The second kappa shape index (κ2) is 11.1. The highest BCUT2D eigenvalue weighted by Gasteiger charge is 2.16. The van der Waals surface area contributed by atoms with E-state index in [1.54, 1.807) is 25.3 Å². The number of ether oxygens (including phenoxy) is 2. The van der Waals surface area contributed by atoms with E-state index in [-0.39, 0.29) is 18.3 Å². The van der Waals surface area contributed by atoms with Crippen molar-refractivity contribution in [3.8, 4) is 11.5 Å². The normalized spacial score (nSPS) is 16.0. The number of nitrogens with one attached hydrogen (secondary N) is 2. The number of piperidine rings is 1. The molecule has 2 aromatic carbocycles. The third kappa shape index (κ3) is 6.30. The molecule has 0 saturated carbocycles. The van der Waals surface area contributed by atoms with Crippen LogP contribution in [0, 0.1) is 5.92 Å². The number of benzene rings is 2. The highest BCUT2D eigenvalue weighted by Crippen LogP contribution is 2.29. The van der Waals surface area contributed by atoms with E-state index in [9.17, 15) is 4.79 Å². The van der Waals surface area contributed by atoms with Crippen LogP contribution in [0.15, 0.2) is 42.5 Å². The van der Waals surface area contributed by atoms with Crippen molar-refractivity contribution >= 4 is 29.9 Å². The smallest absolute Gasteiger partial charge is 0.251 e. The maximum absolute atomic E-state index is 12.4. The Morgan fingerprint density at radius 2 is 2.00 bits per heavy atom. The van der Waals surface area contributed by atoms with Crippen molar-refractivity contribution < 1.29 is 14.3 Å². The third-order valence-corrected chi connectivity index (χ3v) is 4.94. The number of halogens is 2. The van der Waals surface area contributed by atoms with Crippen molar-refractivity contribution in [2.45, 2.75) is 19.4 Å². The van der Waals surface area contributed by atoms with Crippen molar-refractivity contribution in [1.82, 2.24) is 10.6 Å². The van der Waals surface area contributed by atoms with Crippen LogP contribution in [0.3, 0.4) is 0 Å². The molecule has 1 aliphatic heterocycles. The maximum Gasteiger partial charge on any atom is 0.251 e. The van der Waals surface area contributed by atoms with Crippen LogP contribution in [0.5, 0.6) is 11.5 Å². The number of hydrogen-bond acceptors (Lipinski definition) is 4. The molecule has 1 heterocycles. The zero-order valence-corrected chi connectivity index (χ0v) is 17.4. The van der Waals surface area contributed by atoms with E-state index >= 15 is 0 Å². The van der Waals surface area contributed by atoms with E-state index in [1.807, 2.05) is 24.3 Å². The van der Waals surface area contributed by atoms with Crippen LogP contribution in [0.1, 0.15) is 28.8 Å². The fourth-order valence-corrected chi connectivity index (χ4v) is 3.23. The molecule has 2 N–H and O–H groups in total. The molecule has 28 heavy (non-hydrogen) atoms. The van der Waals surface area contributed by atoms with Crippen molar-refractivity contribution in [2.24, 2.45) is 5.92 Å². The SMILES string of the molecule is COc1cc(C(=O)NCC2CCCNC2)ccc1OCc1ccc(Cl)cc1.Cl. The van der Waals surface area contributed by atoms with Crippen molar-refractivity contribution in [3.05, 3.63) is 58.6 Å². The minimum Gasteiger partial charge on any atom is -0.493 e. The lowest BCUT2D eigenvalue weighted by Gasteiger charge is -2.23. The highest BCUT2D eigenvalue weighted by atomic mass is 35.5. The van der Waals surface area contributed by atoms with Gasteiger partial charge in [0.1, 0.15) is 6.61 Å². The van der Waals surface area contributed by atoms with Gasteiger partial charge in [0.2, 0.25) is 0 Å². The van der Waals surface area contributed by atoms with E-state index in [0.717, 1.165) is 31.5 Å². The topological polar surface area (TPSA) is 59.6 Å². The minimum atomic E-state index is -0.0943. The molecule has 0 radical (unpaired) electrons. The van der Waals surface area contributed by atoms with Gasteiger partial charge in [-0.1, -0.05) is 23.7 Å². The molecule has 5 nitrogen and oxygen atoms in total.